The van der Waals surface area contributed by atoms with Crippen LogP contribution in [0, 0.1) is 0 Å². The fraction of sp³-hybridized carbons (Fsp3) is 0.103. The van der Waals surface area contributed by atoms with E-state index in [-0.39, 0.29) is 23.6 Å². The Morgan fingerprint density at radius 3 is 2.55 bits per heavy atom. The SMILES string of the molecule is O=C(Nc1ccc(-c2nc(-c3ccc4c(c3)Sc3ccccc3C(=O)N4C3CC3)no2)cc1)c1ccco1. The van der Waals surface area contributed by atoms with Crippen molar-refractivity contribution in [2.45, 2.75) is 28.7 Å². The summed E-state index contributed by atoms with van der Waals surface area (Å²) >= 11 is 1.58. The largest absolute Gasteiger partial charge is 0.459 e. The number of hydrogen-bond donors (Lipinski definition) is 1. The van der Waals surface area contributed by atoms with Gasteiger partial charge >= 0.3 is 0 Å². The number of anilines is 2. The molecule has 2 amide bonds. The number of carbonyl (C=O) groups is 2. The zero-order chi connectivity index (χ0) is 25.6. The second-order valence-electron chi connectivity index (χ2n) is 9.12. The molecule has 0 unspecified atom stereocenters. The topological polar surface area (TPSA) is 101 Å². The summed E-state index contributed by atoms with van der Waals surface area (Å²) in [6.45, 7) is 0. The van der Waals surface area contributed by atoms with Gasteiger partial charge in [0, 0.05) is 32.6 Å². The van der Waals surface area contributed by atoms with Crippen LogP contribution in [-0.2, 0) is 0 Å². The molecule has 0 atom stereocenters. The molecule has 2 aliphatic rings. The third-order valence-corrected chi connectivity index (χ3v) is 7.63. The Labute approximate surface area is 221 Å². The van der Waals surface area contributed by atoms with Crippen LogP contribution in [0.1, 0.15) is 33.8 Å². The van der Waals surface area contributed by atoms with Gasteiger partial charge in [0.15, 0.2) is 5.76 Å². The highest BCUT2D eigenvalue weighted by atomic mass is 32.2. The smallest absolute Gasteiger partial charge is 0.291 e. The van der Waals surface area contributed by atoms with Crippen molar-refractivity contribution in [3.8, 4) is 22.8 Å². The lowest BCUT2D eigenvalue weighted by molar-refractivity contribution is 0.0979. The third kappa shape index (κ3) is 4.06. The molecule has 5 aromatic rings. The molecule has 9 heteroatoms. The summed E-state index contributed by atoms with van der Waals surface area (Å²) in [6.07, 6.45) is 3.48. The van der Waals surface area contributed by atoms with Crippen LogP contribution in [0.4, 0.5) is 11.4 Å². The number of hydrogen-bond acceptors (Lipinski definition) is 7. The monoisotopic (exact) mass is 520 g/mol. The van der Waals surface area contributed by atoms with Gasteiger partial charge in [0.25, 0.3) is 17.7 Å². The van der Waals surface area contributed by atoms with Crippen molar-refractivity contribution in [2.24, 2.45) is 0 Å². The van der Waals surface area contributed by atoms with Gasteiger partial charge in [-0.2, -0.15) is 4.98 Å². The van der Waals surface area contributed by atoms with E-state index in [0.29, 0.717) is 17.4 Å². The quantitative estimate of drug-likeness (QED) is 0.281. The summed E-state index contributed by atoms with van der Waals surface area (Å²) in [5.41, 5.74) is 3.79. The van der Waals surface area contributed by atoms with Crippen molar-refractivity contribution in [3.63, 3.8) is 0 Å². The van der Waals surface area contributed by atoms with E-state index in [1.807, 2.05) is 47.4 Å². The molecule has 2 aromatic heterocycles. The minimum atomic E-state index is -0.325. The first-order valence-electron chi connectivity index (χ1n) is 12.2. The second kappa shape index (κ2) is 9.04. The fourth-order valence-electron chi connectivity index (χ4n) is 4.47. The molecule has 1 N–H and O–H groups in total. The van der Waals surface area contributed by atoms with E-state index in [9.17, 15) is 9.59 Å². The summed E-state index contributed by atoms with van der Waals surface area (Å²) < 4.78 is 10.7. The van der Waals surface area contributed by atoms with Gasteiger partial charge in [-0.1, -0.05) is 29.1 Å². The van der Waals surface area contributed by atoms with E-state index in [4.69, 9.17) is 8.94 Å². The fourth-order valence-corrected chi connectivity index (χ4v) is 5.58. The first-order valence-corrected chi connectivity index (χ1v) is 13.0. The van der Waals surface area contributed by atoms with Crippen LogP contribution in [0.2, 0.25) is 0 Å². The predicted octanol–water partition coefficient (Wildman–Crippen LogP) is 6.52. The van der Waals surface area contributed by atoms with Crippen LogP contribution in [-0.4, -0.2) is 28.0 Å². The predicted molar refractivity (Wildman–Crippen MR) is 142 cm³/mol. The van der Waals surface area contributed by atoms with E-state index in [2.05, 4.69) is 15.5 Å². The average molecular weight is 521 g/mol. The van der Waals surface area contributed by atoms with Crippen molar-refractivity contribution in [1.82, 2.24) is 10.1 Å². The molecular weight excluding hydrogens is 500 g/mol. The zero-order valence-corrected chi connectivity index (χ0v) is 20.8. The lowest BCUT2D eigenvalue weighted by Gasteiger charge is -2.22. The van der Waals surface area contributed by atoms with Crippen molar-refractivity contribution in [1.29, 1.82) is 0 Å². The Hall–Kier alpha value is -4.63. The van der Waals surface area contributed by atoms with Crippen molar-refractivity contribution < 1.29 is 18.5 Å². The number of nitrogens with zero attached hydrogens (tertiary/aromatic N) is 3. The number of amides is 2. The molecule has 186 valence electrons. The van der Waals surface area contributed by atoms with Crippen LogP contribution in [0.3, 0.4) is 0 Å². The van der Waals surface area contributed by atoms with Gasteiger partial charge in [0.05, 0.1) is 17.5 Å². The summed E-state index contributed by atoms with van der Waals surface area (Å²) in [4.78, 5) is 34.0. The summed E-state index contributed by atoms with van der Waals surface area (Å²) in [5, 5.41) is 6.99. The van der Waals surface area contributed by atoms with Gasteiger partial charge in [-0.3, -0.25) is 9.59 Å². The number of fused-ring (bicyclic) bond motifs is 2. The number of carbonyl (C=O) groups excluding carboxylic acids is 2. The van der Waals surface area contributed by atoms with E-state index < -0.39 is 0 Å². The van der Waals surface area contributed by atoms with Crippen LogP contribution in [0.15, 0.2) is 104 Å². The molecule has 0 bridgehead atoms. The number of furan rings is 1. The first-order chi connectivity index (χ1) is 18.6. The van der Waals surface area contributed by atoms with Gasteiger partial charge in [0.1, 0.15) is 0 Å². The van der Waals surface area contributed by atoms with E-state index in [1.54, 1.807) is 48.2 Å². The minimum Gasteiger partial charge on any atom is -0.459 e. The first kappa shape index (κ1) is 22.6. The molecule has 0 spiro atoms. The summed E-state index contributed by atoms with van der Waals surface area (Å²) in [7, 11) is 0. The van der Waals surface area contributed by atoms with Gasteiger partial charge in [0.2, 0.25) is 5.82 Å². The standard InChI is InChI=1S/C29H20N4O4S/c34-27(23-5-3-15-36-23)30-19-10-7-17(8-11-19)28-31-26(32-37-28)18-9-14-22-25(16-18)38-24-6-2-1-4-21(24)29(35)33(22)20-12-13-20/h1-11,14-16,20H,12-13H2,(H,30,34). The van der Waals surface area contributed by atoms with Crippen LogP contribution >= 0.6 is 11.8 Å². The Morgan fingerprint density at radius 1 is 0.947 bits per heavy atom. The molecular formula is C29H20N4O4S. The van der Waals surface area contributed by atoms with Gasteiger partial charge in [-0.05, 0) is 79.6 Å². The maximum absolute atomic E-state index is 13.4. The molecule has 7 rings (SSSR count). The molecule has 0 saturated heterocycles. The summed E-state index contributed by atoms with van der Waals surface area (Å²) in [6, 6.07) is 24.3. The van der Waals surface area contributed by atoms with Crippen LogP contribution in [0.5, 0.6) is 0 Å². The number of benzene rings is 3. The molecule has 1 aliphatic carbocycles. The van der Waals surface area contributed by atoms with Crippen LogP contribution in [0.25, 0.3) is 22.8 Å². The zero-order valence-electron chi connectivity index (χ0n) is 20.0. The third-order valence-electron chi connectivity index (χ3n) is 6.51. The number of rotatable bonds is 5. The van der Waals surface area contributed by atoms with E-state index in [0.717, 1.165) is 45.0 Å². The minimum absolute atomic E-state index is 0.0488. The molecule has 1 aliphatic heterocycles. The molecule has 3 aromatic carbocycles. The highest BCUT2D eigenvalue weighted by Gasteiger charge is 2.38. The Morgan fingerprint density at radius 2 is 1.76 bits per heavy atom. The number of nitrogens with one attached hydrogen (secondary N) is 1. The molecule has 0 radical (unpaired) electrons. The maximum Gasteiger partial charge on any atom is 0.291 e. The highest BCUT2D eigenvalue weighted by molar-refractivity contribution is 7.99. The maximum atomic E-state index is 13.4. The Kier molecular flexibility index (Phi) is 5.36. The van der Waals surface area contributed by atoms with Crippen molar-refractivity contribution in [3.05, 3.63) is 96.4 Å². The molecule has 1 fully saturated rings. The van der Waals surface area contributed by atoms with Gasteiger partial charge in [-0.15, -0.1) is 0 Å². The molecule has 1 saturated carbocycles. The van der Waals surface area contributed by atoms with Crippen molar-refractivity contribution in [2.75, 3.05) is 10.2 Å². The van der Waals surface area contributed by atoms with E-state index in [1.165, 1.54) is 6.26 Å². The summed E-state index contributed by atoms with van der Waals surface area (Å²) in [5.74, 6) is 0.788. The second-order valence-corrected chi connectivity index (χ2v) is 10.2. The molecule has 3 heterocycles. The Balaban J connectivity index is 1.16. The lowest BCUT2D eigenvalue weighted by Crippen LogP contribution is -2.32. The van der Waals surface area contributed by atoms with Gasteiger partial charge in [-0.25, -0.2) is 0 Å². The average Bonchev–Trinajstić information content (AvgIpc) is 3.42. The number of aromatic nitrogens is 2. The van der Waals surface area contributed by atoms with Crippen LogP contribution < -0.4 is 10.2 Å². The highest BCUT2D eigenvalue weighted by Crippen LogP contribution is 2.46. The van der Waals surface area contributed by atoms with E-state index >= 15 is 0 Å². The van der Waals surface area contributed by atoms with Gasteiger partial charge < -0.3 is 19.2 Å². The lowest BCUT2D eigenvalue weighted by atomic mass is 10.1. The Bertz CT molecular complexity index is 1670. The molecule has 8 nitrogen and oxygen atoms in total. The molecule has 38 heavy (non-hydrogen) atoms. The van der Waals surface area contributed by atoms with Crippen molar-refractivity contribution >= 4 is 35.0 Å². The normalized spacial score (nSPS) is 14.5.